The van der Waals surface area contributed by atoms with Gasteiger partial charge in [-0.15, -0.1) is 0 Å². The lowest BCUT2D eigenvalue weighted by Gasteiger charge is -2.21. The molecular formula is C15H11Cl2NO6. The van der Waals surface area contributed by atoms with E-state index in [4.69, 9.17) is 32.7 Å². The van der Waals surface area contributed by atoms with Crippen LogP contribution in [0.2, 0.25) is 10.0 Å². The second kappa shape index (κ2) is 6.07. The van der Waals surface area contributed by atoms with E-state index in [1.54, 1.807) is 0 Å². The maximum Gasteiger partial charge on any atom is 0.347 e. The molecule has 9 heteroatoms. The number of halogens is 2. The fourth-order valence-electron chi connectivity index (χ4n) is 2.53. The number of carbonyl (C=O) groups excluding carboxylic acids is 4. The molecule has 1 fully saturated rings. The molecular weight excluding hydrogens is 361 g/mol. The van der Waals surface area contributed by atoms with Crippen molar-refractivity contribution in [1.29, 1.82) is 0 Å². The van der Waals surface area contributed by atoms with Gasteiger partial charge < -0.3 is 9.47 Å². The number of hydrogen-bond donors (Lipinski definition) is 0. The number of cyclic esters (lactones) is 1. The molecule has 0 radical (unpaired) electrons. The number of nitrogens with zero attached hydrogens (tertiary/aromatic N) is 1. The van der Waals surface area contributed by atoms with E-state index in [-0.39, 0.29) is 34.2 Å². The Kier molecular flexibility index (Phi) is 4.23. The Bertz CT molecular complexity index is 736. The van der Waals surface area contributed by atoms with Gasteiger partial charge in [-0.25, -0.2) is 9.59 Å². The Hall–Kier alpha value is -2.12. The summed E-state index contributed by atoms with van der Waals surface area (Å²) in [5, 5.41) is 0.254. The Morgan fingerprint density at radius 1 is 1.21 bits per heavy atom. The minimum Gasteiger partial charge on any atom is -0.463 e. The van der Waals surface area contributed by atoms with Gasteiger partial charge in [0.05, 0.1) is 27.8 Å². The summed E-state index contributed by atoms with van der Waals surface area (Å²) in [7, 11) is 0. The van der Waals surface area contributed by atoms with Gasteiger partial charge in [-0.1, -0.05) is 23.2 Å². The van der Waals surface area contributed by atoms with Crippen LogP contribution in [0, 0.1) is 0 Å². The number of fused-ring (bicyclic) bond motifs is 1. The Morgan fingerprint density at radius 3 is 2.21 bits per heavy atom. The smallest absolute Gasteiger partial charge is 0.347 e. The number of rotatable bonds is 3. The summed E-state index contributed by atoms with van der Waals surface area (Å²) in [6.07, 6.45) is -0.774. The van der Waals surface area contributed by atoms with E-state index in [1.165, 1.54) is 19.1 Å². The van der Waals surface area contributed by atoms with Gasteiger partial charge in [0.1, 0.15) is 6.04 Å². The summed E-state index contributed by atoms with van der Waals surface area (Å²) in [6.45, 7) is 1.50. The van der Waals surface area contributed by atoms with Crippen molar-refractivity contribution in [3.63, 3.8) is 0 Å². The second-order valence-electron chi connectivity index (χ2n) is 5.35. The van der Waals surface area contributed by atoms with Crippen LogP contribution in [0.15, 0.2) is 12.1 Å². The standard InChI is InChI=1S/C15H11Cl2NO6/c1-6(14(21)24-11-2-3-23-15(11)22)18-12(19)7-4-9(16)10(17)5-8(7)13(18)20/h4-6,11H,2-3H2,1H3/t6-,11-/m0/s1. The zero-order chi connectivity index (χ0) is 17.6. The number of carbonyl (C=O) groups is 4. The first-order chi connectivity index (χ1) is 11.3. The molecule has 126 valence electrons. The summed E-state index contributed by atoms with van der Waals surface area (Å²) < 4.78 is 9.73. The molecule has 0 aromatic heterocycles. The summed E-state index contributed by atoms with van der Waals surface area (Å²) in [5.41, 5.74) is 0.128. The fraction of sp³-hybridized carbons (Fsp3) is 0.333. The van der Waals surface area contributed by atoms with Gasteiger partial charge in [-0.05, 0) is 19.1 Å². The predicted molar refractivity (Wildman–Crippen MR) is 81.9 cm³/mol. The highest BCUT2D eigenvalue weighted by molar-refractivity contribution is 6.43. The van der Waals surface area contributed by atoms with Crippen molar-refractivity contribution in [3.05, 3.63) is 33.3 Å². The molecule has 0 saturated carbocycles. The topological polar surface area (TPSA) is 90.0 Å². The lowest BCUT2D eigenvalue weighted by atomic mass is 10.1. The molecule has 0 N–H and O–H groups in total. The van der Waals surface area contributed by atoms with E-state index < -0.39 is 35.9 Å². The number of benzene rings is 1. The molecule has 2 heterocycles. The van der Waals surface area contributed by atoms with E-state index in [0.717, 1.165) is 4.90 Å². The number of esters is 2. The van der Waals surface area contributed by atoms with Crippen LogP contribution in [0.4, 0.5) is 0 Å². The van der Waals surface area contributed by atoms with E-state index >= 15 is 0 Å². The highest BCUT2D eigenvalue weighted by atomic mass is 35.5. The van der Waals surface area contributed by atoms with Crippen LogP contribution < -0.4 is 0 Å². The van der Waals surface area contributed by atoms with Crippen LogP contribution in [0.25, 0.3) is 0 Å². The van der Waals surface area contributed by atoms with Gasteiger partial charge in [0.25, 0.3) is 11.8 Å². The summed E-state index contributed by atoms with van der Waals surface area (Å²) in [5.74, 6) is -2.86. The van der Waals surface area contributed by atoms with E-state index in [2.05, 4.69) is 0 Å². The molecule has 1 saturated heterocycles. The van der Waals surface area contributed by atoms with E-state index in [0.29, 0.717) is 0 Å². The monoisotopic (exact) mass is 371 g/mol. The van der Waals surface area contributed by atoms with Crippen molar-refractivity contribution in [3.8, 4) is 0 Å². The molecule has 3 rings (SSSR count). The molecule has 2 aliphatic rings. The van der Waals surface area contributed by atoms with Gasteiger partial charge in [-0.2, -0.15) is 0 Å². The van der Waals surface area contributed by atoms with Crippen molar-refractivity contribution in [2.24, 2.45) is 0 Å². The molecule has 1 aromatic rings. The van der Waals surface area contributed by atoms with Crippen LogP contribution >= 0.6 is 23.2 Å². The fourth-order valence-corrected chi connectivity index (χ4v) is 2.86. The third kappa shape index (κ3) is 2.63. The molecule has 0 aliphatic carbocycles. The van der Waals surface area contributed by atoms with Crippen molar-refractivity contribution in [2.75, 3.05) is 6.61 Å². The number of ether oxygens (including phenoxy) is 2. The largest absolute Gasteiger partial charge is 0.463 e. The average molecular weight is 372 g/mol. The van der Waals surface area contributed by atoms with Crippen LogP contribution in [0.3, 0.4) is 0 Å². The molecule has 0 unspecified atom stereocenters. The zero-order valence-electron chi connectivity index (χ0n) is 12.4. The first kappa shape index (κ1) is 16.7. The minimum atomic E-state index is -1.21. The second-order valence-corrected chi connectivity index (χ2v) is 6.16. The molecule has 2 aliphatic heterocycles. The number of imide groups is 1. The third-order valence-corrected chi connectivity index (χ3v) is 4.56. The van der Waals surface area contributed by atoms with Gasteiger partial charge in [0, 0.05) is 6.42 Å². The first-order valence-electron chi connectivity index (χ1n) is 7.05. The zero-order valence-corrected chi connectivity index (χ0v) is 13.9. The third-order valence-electron chi connectivity index (χ3n) is 3.83. The molecule has 1 aromatic carbocycles. The molecule has 2 amide bonds. The Labute approximate surface area is 146 Å². The molecule has 7 nitrogen and oxygen atoms in total. The molecule has 0 bridgehead atoms. The van der Waals surface area contributed by atoms with Gasteiger partial charge in [0.15, 0.2) is 0 Å². The maximum atomic E-state index is 12.4. The molecule has 24 heavy (non-hydrogen) atoms. The van der Waals surface area contributed by atoms with Gasteiger partial charge in [0.2, 0.25) is 6.10 Å². The van der Waals surface area contributed by atoms with Crippen molar-refractivity contribution < 1.29 is 28.7 Å². The average Bonchev–Trinajstić information content (AvgIpc) is 3.03. The van der Waals surface area contributed by atoms with Crippen LogP contribution in [0.5, 0.6) is 0 Å². The number of hydrogen-bond acceptors (Lipinski definition) is 6. The summed E-state index contributed by atoms with van der Waals surface area (Å²) in [4.78, 5) is 49.1. The van der Waals surface area contributed by atoms with Crippen LogP contribution in [-0.2, 0) is 19.1 Å². The quantitative estimate of drug-likeness (QED) is 0.594. The predicted octanol–water partition coefficient (Wildman–Crippen LogP) is 1.84. The molecule has 0 spiro atoms. The first-order valence-corrected chi connectivity index (χ1v) is 7.81. The van der Waals surface area contributed by atoms with Gasteiger partial charge >= 0.3 is 11.9 Å². The van der Waals surface area contributed by atoms with Crippen LogP contribution in [0.1, 0.15) is 34.1 Å². The number of amides is 2. The van der Waals surface area contributed by atoms with E-state index in [9.17, 15) is 19.2 Å². The highest BCUT2D eigenvalue weighted by Gasteiger charge is 2.43. The molecule has 2 atom stereocenters. The lowest BCUT2D eigenvalue weighted by Crippen LogP contribution is -2.45. The maximum absolute atomic E-state index is 12.4. The summed E-state index contributed by atoms with van der Waals surface area (Å²) in [6, 6.07) is 1.36. The van der Waals surface area contributed by atoms with Crippen molar-refractivity contribution >= 4 is 47.0 Å². The highest BCUT2D eigenvalue weighted by Crippen LogP contribution is 2.32. The summed E-state index contributed by atoms with van der Waals surface area (Å²) >= 11 is 11.7. The van der Waals surface area contributed by atoms with Crippen LogP contribution in [-0.4, -0.2) is 47.4 Å². The minimum absolute atomic E-state index is 0.0642. The normalized spacial score (nSPS) is 20.9. The lowest BCUT2D eigenvalue weighted by molar-refractivity contribution is -0.162. The van der Waals surface area contributed by atoms with Crippen molar-refractivity contribution in [1.82, 2.24) is 4.90 Å². The SMILES string of the molecule is C[C@@H](C(=O)O[C@H]1CCOC1=O)N1C(=O)c2cc(Cl)c(Cl)cc2C1=O. The van der Waals surface area contributed by atoms with Crippen molar-refractivity contribution in [2.45, 2.75) is 25.5 Å². The van der Waals surface area contributed by atoms with Gasteiger partial charge in [-0.3, -0.25) is 14.5 Å². The van der Waals surface area contributed by atoms with E-state index in [1.807, 2.05) is 0 Å². The Morgan fingerprint density at radius 2 is 1.75 bits per heavy atom. The Balaban J connectivity index is 1.82.